The topological polar surface area (TPSA) is 125 Å². The number of amides is 1. The maximum atomic E-state index is 13.0. The molecule has 2 aromatic rings. The van der Waals surface area contributed by atoms with Crippen molar-refractivity contribution in [1.82, 2.24) is 0 Å². The Hall–Kier alpha value is -3.57. The van der Waals surface area contributed by atoms with Crippen LogP contribution in [-0.2, 0) is 10.4 Å². The van der Waals surface area contributed by atoms with E-state index in [0.717, 1.165) is 6.07 Å². The maximum Gasteiger partial charge on any atom is 0.270 e. The van der Waals surface area contributed by atoms with Gasteiger partial charge in [-0.25, -0.2) is 0 Å². The van der Waals surface area contributed by atoms with E-state index >= 15 is 0 Å². The summed E-state index contributed by atoms with van der Waals surface area (Å²) in [6, 6.07) is 13.8. The fourth-order valence-corrected chi connectivity index (χ4v) is 3.34. The molecule has 142 valence electrons. The molecular weight excluding hydrogens is 362 g/mol. The Morgan fingerprint density at radius 1 is 1.25 bits per heavy atom. The van der Waals surface area contributed by atoms with E-state index in [2.05, 4.69) is 0 Å². The van der Waals surface area contributed by atoms with Crippen LogP contribution in [0.25, 0.3) is 0 Å². The predicted molar refractivity (Wildman–Crippen MR) is 99.6 cm³/mol. The summed E-state index contributed by atoms with van der Waals surface area (Å²) in [7, 11) is 0. The summed E-state index contributed by atoms with van der Waals surface area (Å²) in [5.41, 5.74) is -1.43. The van der Waals surface area contributed by atoms with Gasteiger partial charge in [-0.3, -0.25) is 19.7 Å². The highest BCUT2D eigenvalue weighted by molar-refractivity contribution is 6.10. The van der Waals surface area contributed by atoms with Crippen LogP contribution in [0.3, 0.4) is 0 Å². The summed E-state index contributed by atoms with van der Waals surface area (Å²) in [6.07, 6.45) is 0.168. The van der Waals surface area contributed by atoms with E-state index in [4.69, 9.17) is 5.26 Å². The first-order valence-electron chi connectivity index (χ1n) is 8.67. The molecule has 8 heteroatoms. The zero-order chi connectivity index (χ0) is 20.3. The molecule has 0 aromatic heterocycles. The van der Waals surface area contributed by atoms with Crippen LogP contribution in [0.1, 0.15) is 35.2 Å². The lowest BCUT2D eigenvalue weighted by Crippen LogP contribution is -2.42. The maximum absolute atomic E-state index is 13.0. The van der Waals surface area contributed by atoms with E-state index in [1.54, 1.807) is 24.3 Å². The van der Waals surface area contributed by atoms with Gasteiger partial charge in [0.1, 0.15) is 0 Å². The van der Waals surface area contributed by atoms with Gasteiger partial charge in [0.05, 0.1) is 23.1 Å². The fraction of sp³-hybridized carbons (Fsp3) is 0.250. The van der Waals surface area contributed by atoms with Crippen molar-refractivity contribution in [2.24, 2.45) is 0 Å². The third-order valence-corrected chi connectivity index (χ3v) is 4.71. The number of nitrogens with zero attached hydrogens (tertiary/aromatic N) is 3. The third-order valence-electron chi connectivity index (χ3n) is 4.71. The first-order valence-corrected chi connectivity index (χ1v) is 8.67. The Balaban J connectivity index is 1.91. The number of para-hydroxylation sites is 1. The lowest BCUT2D eigenvalue weighted by molar-refractivity contribution is -0.384. The molecule has 0 unspecified atom stereocenters. The highest BCUT2D eigenvalue weighted by Crippen LogP contribution is 2.43. The highest BCUT2D eigenvalue weighted by Gasteiger charge is 2.50. The van der Waals surface area contributed by atoms with Crippen molar-refractivity contribution in [2.45, 2.75) is 24.9 Å². The molecule has 1 aliphatic heterocycles. The number of carbonyl (C=O) groups is 2. The molecule has 1 heterocycles. The van der Waals surface area contributed by atoms with Gasteiger partial charge < -0.3 is 10.0 Å². The Labute approximate surface area is 160 Å². The standard InChI is InChI=1S/C20H17N3O5/c21-10-3-4-11-22-17-9-2-1-8-16(17)20(26,19(22)25)13-18(24)14-6-5-7-15(12-14)23(27)28/h1-2,5-9,12,26H,3-4,11,13H2/t20-/m1/s1. The molecular formula is C20H17N3O5. The van der Waals surface area contributed by atoms with Crippen molar-refractivity contribution in [2.75, 3.05) is 11.4 Å². The number of nitriles is 1. The monoisotopic (exact) mass is 379 g/mol. The summed E-state index contributed by atoms with van der Waals surface area (Å²) in [6.45, 7) is 0.247. The van der Waals surface area contributed by atoms with E-state index in [9.17, 15) is 24.8 Å². The van der Waals surface area contributed by atoms with Gasteiger partial charge in [-0.05, 0) is 12.5 Å². The van der Waals surface area contributed by atoms with Crippen LogP contribution in [-0.4, -0.2) is 28.3 Å². The minimum Gasteiger partial charge on any atom is -0.375 e. The normalized spacial score (nSPS) is 17.9. The number of ketones is 1. The van der Waals surface area contributed by atoms with Crippen LogP contribution >= 0.6 is 0 Å². The van der Waals surface area contributed by atoms with Gasteiger partial charge in [-0.15, -0.1) is 0 Å². The van der Waals surface area contributed by atoms with Crippen LogP contribution in [0.15, 0.2) is 48.5 Å². The summed E-state index contributed by atoms with van der Waals surface area (Å²) in [4.78, 5) is 37.4. The number of Topliss-reactive ketones (excluding diaryl/α,β-unsaturated/α-hetero) is 1. The molecule has 0 fully saturated rings. The number of nitro benzene ring substituents is 1. The Morgan fingerprint density at radius 2 is 2.00 bits per heavy atom. The molecule has 8 nitrogen and oxygen atoms in total. The summed E-state index contributed by atoms with van der Waals surface area (Å²) < 4.78 is 0. The highest BCUT2D eigenvalue weighted by atomic mass is 16.6. The van der Waals surface area contributed by atoms with Crippen LogP contribution in [0, 0.1) is 21.4 Å². The molecule has 0 saturated carbocycles. The van der Waals surface area contributed by atoms with Gasteiger partial charge in [0.25, 0.3) is 11.6 Å². The molecule has 3 rings (SSSR count). The SMILES string of the molecule is N#CCCCN1C(=O)[C@@](O)(CC(=O)c2cccc([N+](=O)[O-])c2)c2ccccc21. The first kappa shape index (κ1) is 19.2. The Morgan fingerprint density at radius 3 is 2.71 bits per heavy atom. The molecule has 28 heavy (non-hydrogen) atoms. The molecule has 0 radical (unpaired) electrons. The Bertz CT molecular complexity index is 997. The Kier molecular flexibility index (Phi) is 5.20. The second-order valence-corrected chi connectivity index (χ2v) is 6.50. The number of hydrogen-bond acceptors (Lipinski definition) is 6. The molecule has 0 spiro atoms. The average Bonchev–Trinajstić information content (AvgIpc) is 2.90. The number of nitro groups is 1. The summed E-state index contributed by atoms with van der Waals surface area (Å²) >= 11 is 0. The van der Waals surface area contributed by atoms with Crippen molar-refractivity contribution in [1.29, 1.82) is 5.26 Å². The lowest BCUT2D eigenvalue weighted by Gasteiger charge is -2.22. The largest absolute Gasteiger partial charge is 0.375 e. The van der Waals surface area contributed by atoms with Crippen LogP contribution in [0.2, 0.25) is 0 Å². The number of fused-ring (bicyclic) bond motifs is 1. The van der Waals surface area contributed by atoms with E-state index in [1.165, 1.54) is 23.1 Å². The lowest BCUT2D eigenvalue weighted by atomic mass is 9.88. The molecule has 0 bridgehead atoms. The molecule has 1 amide bonds. The molecule has 2 aromatic carbocycles. The zero-order valence-electron chi connectivity index (χ0n) is 14.9. The quantitative estimate of drug-likeness (QED) is 0.341. The molecule has 1 aliphatic rings. The smallest absolute Gasteiger partial charge is 0.270 e. The van der Waals surface area contributed by atoms with Crippen molar-refractivity contribution < 1.29 is 19.6 Å². The number of aliphatic hydroxyl groups is 1. The number of carbonyl (C=O) groups excluding carboxylic acids is 2. The number of unbranched alkanes of at least 4 members (excludes halogenated alkanes) is 1. The van der Waals surface area contributed by atoms with Crippen molar-refractivity contribution in [3.8, 4) is 6.07 Å². The van der Waals surface area contributed by atoms with Crippen LogP contribution in [0.5, 0.6) is 0 Å². The number of benzene rings is 2. The number of hydrogen-bond donors (Lipinski definition) is 1. The van der Waals surface area contributed by atoms with Gasteiger partial charge >= 0.3 is 0 Å². The van der Waals surface area contributed by atoms with Gasteiger partial charge in [0, 0.05) is 36.2 Å². The van der Waals surface area contributed by atoms with Gasteiger partial charge in [0.15, 0.2) is 11.4 Å². The zero-order valence-corrected chi connectivity index (χ0v) is 14.9. The predicted octanol–water partition coefficient (Wildman–Crippen LogP) is 2.71. The minimum absolute atomic E-state index is 0.0517. The van der Waals surface area contributed by atoms with E-state index in [-0.39, 0.29) is 24.2 Å². The van der Waals surface area contributed by atoms with Gasteiger partial charge in [-0.2, -0.15) is 5.26 Å². The van der Waals surface area contributed by atoms with Crippen molar-refractivity contribution in [3.05, 3.63) is 69.8 Å². The second kappa shape index (κ2) is 7.58. The van der Waals surface area contributed by atoms with Crippen LogP contribution in [0.4, 0.5) is 11.4 Å². The van der Waals surface area contributed by atoms with Gasteiger partial charge in [-0.1, -0.05) is 30.3 Å². The minimum atomic E-state index is -2.05. The van der Waals surface area contributed by atoms with E-state index < -0.39 is 28.6 Å². The molecule has 1 N–H and O–H groups in total. The number of anilines is 1. The molecule has 0 saturated heterocycles. The summed E-state index contributed by atoms with van der Waals surface area (Å²) in [5, 5.41) is 30.8. The average molecular weight is 379 g/mol. The van der Waals surface area contributed by atoms with E-state index in [0.29, 0.717) is 17.7 Å². The third kappa shape index (κ3) is 3.35. The van der Waals surface area contributed by atoms with Gasteiger partial charge in [0.2, 0.25) is 0 Å². The molecule has 1 atom stereocenters. The number of rotatable bonds is 7. The second-order valence-electron chi connectivity index (χ2n) is 6.50. The molecule has 0 aliphatic carbocycles. The van der Waals surface area contributed by atoms with Crippen LogP contribution < -0.4 is 4.90 Å². The number of non-ortho nitro benzene ring substituents is 1. The summed E-state index contributed by atoms with van der Waals surface area (Å²) in [5.74, 6) is -1.21. The van der Waals surface area contributed by atoms with E-state index in [1.807, 2.05) is 6.07 Å². The first-order chi connectivity index (χ1) is 13.4. The van der Waals surface area contributed by atoms with Crippen molar-refractivity contribution in [3.63, 3.8) is 0 Å². The fourth-order valence-electron chi connectivity index (χ4n) is 3.34. The van der Waals surface area contributed by atoms with Crippen molar-refractivity contribution >= 4 is 23.1 Å².